The van der Waals surface area contributed by atoms with Gasteiger partial charge in [-0.1, -0.05) is 24.3 Å². The maximum absolute atomic E-state index is 13.6. The first kappa shape index (κ1) is 20.4. The van der Waals surface area contributed by atoms with E-state index in [-0.39, 0.29) is 17.3 Å². The maximum atomic E-state index is 13.6. The molecule has 0 aliphatic carbocycles. The second-order valence-electron chi connectivity index (χ2n) is 5.84. The van der Waals surface area contributed by atoms with Crippen LogP contribution in [0.25, 0.3) is 0 Å². The van der Waals surface area contributed by atoms with Gasteiger partial charge in [-0.3, -0.25) is 0 Å². The van der Waals surface area contributed by atoms with E-state index < -0.39 is 0 Å². The van der Waals surface area contributed by atoms with Crippen molar-refractivity contribution in [2.24, 2.45) is 4.99 Å². The second-order valence-corrected chi connectivity index (χ2v) is 5.84. The summed E-state index contributed by atoms with van der Waals surface area (Å²) in [6.07, 6.45) is 0. The third-order valence-electron chi connectivity index (χ3n) is 3.92. The van der Waals surface area contributed by atoms with Gasteiger partial charge in [0.15, 0.2) is 29.0 Å². The van der Waals surface area contributed by atoms with E-state index in [0.29, 0.717) is 43.5 Å². The van der Waals surface area contributed by atoms with Gasteiger partial charge in [0, 0.05) is 19.2 Å². The summed E-state index contributed by atoms with van der Waals surface area (Å²) in [4.78, 5) is 6.44. The normalized spacial score (nSPS) is 11.2. The summed E-state index contributed by atoms with van der Waals surface area (Å²) in [6.45, 7) is 3.80. The number of ether oxygens (including phenoxy) is 2. The summed E-state index contributed by atoms with van der Waals surface area (Å²) < 4.78 is 24.2. The van der Waals surface area contributed by atoms with Gasteiger partial charge in [0.25, 0.3) is 0 Å². The van der Waals surface area contributed by atoms with Crippen molar-refractivity contribution in [3.05, 3.63) is 53.8 Å². The Labute approximate surface area is 159 Å². The molecular weight excluding hydrogens is 349 g/mol. The van der Waals surface area contributed by atoms with Gasteiger partial charge in [0.2, 0.25) is 0 Å². The fourth-order valence-corrected chi connectivity index (χ4v) is 2.45. The van der Waals surface area contributed by atoms with Crippen molar-refractivity contribution in [1.82, 2.24) is 10.2 Å². The van der Waals surface area contributed by atoms with Crippen molar-refractivity contribution in [3.8, 4) is 17.2 Å². The van der Waals surface area contributed by atoms with Crippen molar-refractivity contribution in [1.29, 1.82) is 0 Å². The number of methoxy groups -OCH3 is 1. The predicted octanol–water partition coefficient (Wildman–Crippen LogP) is 3.02. The number of hydrogen-bond acceptors (Lipinski definition) is 4. The molecule has 0 saturated heterocycles. The molecule has 2 N–H and O–H groups in total. The molecule has 146 valence electrons. The Bertz CT molecular complexity index is 768. The molecule has 2 aromatic carbocycles. The molecule has 2 rings (SSSR count). The van der Waals surface area contributed by atoms with Gasteiger partial charge in [-0.2, -0.15) is 0 Å². The molecule has 27 heavy (non-hydrogen) atoms. The molecule has 0 fully saturated rings. The third-order valence-corrected chi connectivity index (χ3v) is 3.92. The van der Waals surface area contributed by atoms with E-state index in [0.717, 1.165) is 0 Å². The highest BCUT2D eigenvalue weighted by molar-refractivity contribution is 5.79. The molecule has 2 aromatic rings. The van der Waals surface area contributed by atoms with Crippen molar-refractivity contribution < 1.29 is 19.0 Å². The highest BCUT2D eigenvalue weighted by Crippen LogP contribution is 2.29. The van der Waals surface area contributed by atoms with Gasteiger partial charge >= 0.3 is 0 Å². The minimum Gasteiger partial charge on any atom is -0.504 e. The fourth-order valence-electron chi connectivity index (χ4n) is 2.45. The monoisotopic (exact) mass is 375 g/mol. The van der Waals surface area contributed by atoms with Gasteiger partial charge in [0.05, 0.1) is 20.2 Å². The number of phenolic OH excluding ortho intramolecular Hbond substituents is 1. The fraction of sp³-hybridized carbons (Fsp3) is 0.350. The lowest BCUT2D eigenvalue weighted by Gasteiger charge is -2.22. The number of aromatic hydroxyl groups is 1. The van der Waals surface area contributed by atoms with Crippen LogP contribution in [0.2, 0.25) is 0 Å². The lowest BCUT2D eigenvalue weighted by atomic mass is 10.2. The number of aliphatic imine (C=N–C) groups is 1. The average Bonchev–Trinajstić information content (AvgIpc) is 2.67. The molecule has 0 aliphatic heterocycles. The zero-order chi connectivity index (χ0) is 19.6. The van der Waals surface area contributed by atoms with Gasteiger partial charge < -0.3 is 24.8 Å². The molecule has 0 aromatic heterocycles. The van der Waals surface area contributed by atoms with Gasteiger partial charge in [-0.15, -0.1) is 0 Å². The highest BCUT2D eigenvalue weighted by Gasteiger charge is 2.10. The SMILES string of the molecule is CCNC(=NCc1cccc(OC)c1O)N(C)CCOc1ccccc1F. The first-order chi connectivity index (χ1) is 13.1. The number of nitrogens with one attached hydrogen (secondary N) is 1. The minimum absolute atomic E-state index is 0.0881. The van der Waals surface area contributed by atoms with E-state index in [9.17, 15) is 9.50 Å². The molecule has 0 heterocycles. The summed E-state index contributed by atoms with van der Waals surface area (Å²) in [5, 5.41) is 13.4. The van der Waals surface area contributed by atoms with Crippen LogP contribution in [0.3, 0.4) is 0 Å². The quantitative estimate of drug-likeness (QED) is 0.548. The van der Waals surface area contributed by atoms with Crippen LogP contribution < -0.4 is 14.8 Å². The topological polar surface area (TPSA) is 66.3 Å². The molecule has 0 bridgehead atoms. The lowest BCUT2D eigenvalue weighted by Crippen LogP contribution is -2.40. The third kappa shape index (κ3) is 5.77. The first-order valence-corrected chi connectivity index (χ1v) is 8.78. The molecule has 0 saturated carbocycles. The summed E-state index contributed by atoms with van der Waals surface area (Å²) in [5.41, 5.74) is 0.667. The number of benzene rings is 2. The number of phenols is 1. The van der Waals surface area contributed by atoms with Crippen molar-refractivity contribution in [2.75, 3.05) is 33.9 Å². The Morgan fingerprint density at radius 3 is 2.63 bits per heavy atom. The number of guanidine groups is 1. The highest BCUT2D eigenvalue weighted by atomic mass is 19.1. The van der Waals surface area contributed by atoms with E-state index in [1.54, 1.807) is 30.3 Å². The van der Waals surface area contributed by atoms with Gasteiger partial charge in [0.1, 0.15) is 6.61 Å². The summed E-state index contributed by atoms with van der Waals surface area (Å²) in [6, 6.07) is 11.6. The summed E-state index contributed by atoms with van der Waals surface area (Å²) in [7, 11) is 3.38. The molecule has 0 radical (unpaired) electrons. The number of para-hydroxylation sites is 2. The van der Waals surface area contributed by atoms with E-state index in [4.69, 9.17) is 9.47 Å². The van der Waals surface area contributed by atoms with Crippen LogP contribution in [0.1, 0.15) is 12.5 Å². The standard InChI is InChI=1S/C20H26FN3O3/c1-4-22-20(23-14-15-8-7-11-18(26-3)19(15)25)24(2)12-13-27-17-10-6-5-9-16(17)21/h5-11,25H,4,12-14H2,1-3H3,(H,22,23). The molecule has 0 spiro atoms. The van der Waals surface area contributed by atoms with Gasteiger partial charge in [-0.25, -0.2) is 9.38 Å². The van der Waals surface area contributed by atoms with Crippen molar-refractivity contribution >= 4 is 5.96 Å². The summed E-state index contributed by atoms with van der Waals surface area (Å²) in [5.74, 6) is 1.02. The lowest BCUT2D eigenvalue weighted by molar-refractivity contribution is 0.270. The molecular formula is C20H26FN3O3. The maximum Gasteiger partial charge on any atom is 0.194 e. The number of likely N-dealkylation sites (N-methyl/N-ethyl adjacent to an activating group) is 1. The Morgan fingerprint density at radius 1 is 1.19 bits per heavy atom. The first-order valence-electron chi connectivity index (χ1n) is 8.78. The second kappa shape index (κ2) is 10.3. The smallest absolute Gasteiger partial charge is 0.194 e. The Kier molecular flexibility index (Phi) is 7.73. The van der Waals surface area contributed by atoms with E-state index in [1.165, 1.54) is 13.2 Å². The number of rotatable bonds is 8. The van der Waals surface area contributed by atoms with E-state index in [1.807, 2.05) is 24.9 Å². The zero-order valence-corrected chi connectivity index (χ0v) is 15.9. The predicted molar refractivity (Wildman–Crippen MR) is 104 cm³/mol. The molecule has 6 nitrogen and oxygen atoms in total. The number of nitrogens with zero attached hydrogens (tertiary/aromatic N) is 2. The number of halogens is 1. The number of hydrogen-bond donors (Lipinski definition) is 2. The van der Waals surface area contributed by atoms with Crippen LogP contribution in [0.5, 0.6) is 17.2 Å². The Morgan fingerprint density at radius 2 is 1.93 bits per heavy atom. The van der Waals surface area contributed by atoms with Gasteiger partial charge in [-0.05, 0) is 25.1 Å². The van der Waals surface area contributed by atoms with Crippen molar-refractivity contribution in [3.63, 3.8) is 0 Å². The average molecular weight is 375 g/mol. The van der Waals surface area contributed by atoms with Crippen LogP contribution >= 0.6 is 0 Å². The van der Waals surface area contributed by atoms with Crippen LogP contribution in [-0.4, -0.2) is 49.8 Å². The Hall–Kier alpha value is -2.96. The van der Waals surface area contributed by atoms with Crippen LogP contribution in [0, 0.1) is 5.82 Å². The molecule has 0 amide bonds. The Balaban J connectivity index is 1.98. The largest absolute Gasteiger partial charge is 0.504 e. The van der Waals surface area contributed by atoms with Crippen molar-refractivity contribution in [2.45, 2.75) is 13.5 Å². The molecule has 7 heteroatoms. The van der Waals surface area contributed by atoms with Crippen LogP contribution in [0.4, 0.5) is 4.39 Å². The molecule has 0 unspecified atom stereocenters. The van der Waals surface area contributed by atoms with Crippen LogP contribution in [0.15, 0.2) is 47.5 Å². The van der Waals surface area contributed by atoms with Crippen LogP contribution in [-0.2, 0) is 6.54 Å². The molecule has 0 aliphatic rings. The molecule has 0 atom stereocenters. The minimum atomic E-state index is -0.380. The summed E-state index contributed by atoms with van der Waals surface area (Å²) >= 11 is 0. The zero-order valence-electron chi connectivity index (χ0n) is 15.9. The van der Waals surface area contributed by atoms with E-state index in [2.05, 4.69) is 10.3 Å². The van der Waals surface area contributed by atoms with E-state index >= 15 is 0 Å².